The highest BCUT2D eigenvalue weighted by Gasteiger charge is 2.27. The molecule has 0 saturated carbocycles. The minimum absolute atomic E-state index is 0.0469. The summed E-state index contributed by atoms with van der Waals surface area (Å²) in [5, 5.41) is 15.6. The number of phenols is 1. The molecule has 0 bridgehead atoms. The van der Waals surface area contributed by atoms with Crippen molar-refractivity contribution in [3.63, 3.8) is 0 Å². The number of carbonyl (C=O) groups excluding carboxylic acids is 2. The van der Waals surface area contributed by atoms with Crippen molar-refractivity contribution in [3.8, 4) is 22.6 Å². The van der Waals surface area contributed by atoms with Gasteiger partial charge in [0.15, 0.2) is 11.5 Å². The number of aromatic hydroxyl groups is 1. The molecule has 0 radical (unpaired) electrons. The summed E-state index contributed by atoms with van der Waals surface area (Å²) in [6, 6.07) is 16.3. The van der Waals surface area contributed by atoms with Crippen LogP contribution in [0.1, 0.15) is 34.8 Å². The third kappa shape index (κ3) is 4.87. The molecule has 0 fully saturated rings. The average molecular weight is 446 g/mol. The first kappa shape index (κ1) is 22.1. The maximum Gasteiger partial charge on any atom is 0.260 e. The fraction of sp³-hybridized carbons (Fsp3) is 0.154. The van der Waals surface area contributed by atoms with Gasteiger partial charge in [-0.15, -0.1) is 0 Å². The van der Waals surface area contributed by atoms with Gasteiger partial charge in [-0.25, -0.2) is 4.39 Å². The molecule has 0 spiro atoms. The topological polar surface area (TPSA) is 87.7 Å². The van der Waals surface area contributed by atoms with Crippen LogP contribution in [0.15, 0.2) is 66.9 Å². The van der Waals surface area contributed by atoms with E-state index in [2.05, 4.69) is 10.6 Å². The monoisotopic (exact) mass is 446 g/mol. The number of imide groups is 1. The molecule has 1 aliphatic heterocycles. The highest BCUT2D eigenvalue weighted by atomic mass is 19.1. The summed E-state index contributed by atoms with van der Waals surface area (Å²) >= 11 is 0. The fourth-order valence-corrected chi connectivity index (χ4v) is 3.57. The summed E-state index contributed by atoms with van der Waals surface area (Å²) in [6.07, 6.45) is 2.39. The SMILES string of the molecule is CCCOc1ccc(CN/C=C2\C(=O)NC(=O)c3ccc(-c4ccc(F)cc4)cc32)cc1O. The van der Waals surface area contributed by atoms with Crippen LogP contribution in [0.25, 0.3) is 16.7 Å². The number of nitrogens with one attached hydrogen (secondary N) is 2. The van der Waals surface area contributed by atoms with Crippen molar-refractivity contribution in [3.05, 3.63) is 89.4 Å². The molecular formula is C26H23FN2O4. The molecule has 7 heteroatoms. The number of hydrogen-bond donors (Lipinski definition) is 3. The summed E-state index contributed by atoms with van der Waals surface area (Å²) in [4.78, 5) is 24.9. The van der Waals surface area contributed by atoms with Gasteiger partial charge in [0.05, 0.1) is 12.2 Å². The van der Waals surface area contributed by atoms with Crippen molar-refractivity contribution in [2.24, 2.45) is 0 Å². The number of halogens is 1. The minimum atomic E-state index is -0.512. The van der Waals surface area contributed by atoms with Gasteiger partial charge < -0.3 is 15.2 Å². The number of benzene rings is 3. The maximum atomic E-state index is 13.3. The lowest BCUT2D eigenvalue weighted by Gasteiger charge is -2.19. The molecule has 0 aliphatic carbocycles. The van der Waals surface area contributed by atoms with Crippen LogP contribution in [0.5, 0.6) is 11.5 Å². The molecule has 6 nitrogen and oxygen atoms in total. The molecular weight excluding hydrogens is 423 g/mol. The zero-order valence-electron chi connectivity index (χ0n) is 18.0. The highest BCUT2D eigenvalue weighted by Crippen LogP contribution is 2.30. The zero-order chi connectivity index (χ0) is 23.4. The minimum Gasteiger partial charge on any atom is -0.504 e. The smallest absolute Gasteiger partial charge is 0.260 e. The average Bonchev–Trinajstić information content (AvgIpc) is 2.81. The van der Waals surface area contributed by atoms with Gasteiger partial charge in [0.1, 0.15) is 5.82 Å². The first-order valence-electron chi connectivity index (χ1n) is 10.6. The van der Waals surface area contributed by atoms with E-state index in [1.165, 1.54) is 12.1 Å². The molecule has 168 valence electrons. The van der Waals surface area contributed by atoms with E-state index in [4.69, 9.17) is 4.74 Å². The Hall–Kier alpha value is -4.13. The van der Waals surface area contributed by atoms with E-state index in [0.717, 1.165) is 23.1 Å². The van der Waals surface area contributed by atoms with Crippen LogP contribution in [0.2, 0.25) is 0 Å². The van der Waals surface area contributed by atoms with E-state index >= 15 is 0 Å². The number of hydrogen-bond acceptors (Lipinski definition) is 5. The molecule has 3 aromatic rings. The van der Waals surface area contributed by atoms with Crippen LogP contribution in [0.3, 0.4) is 0 Å². The Balaban J connectivity index is 1.58. The first-order chi connectivity index (χ1) is 16.0. The molecule has 0 saturated heterocycles. The van der Waals surface area contributed by atoms with Gasteiger partial charge in [-0.2, -0.15) is 0 Å². The predicted molar refractivity (Wildman–Crippen MR) is 123 cm³/mol. The van der Waals surface area contributed by atoms with Crippen molar-refractivity contribution in [2.45, 2.75) is 19.9 Å². The third-order valence-electron chi connectivity index (χ3n) is 5.24. The summed E-state index contributed by atoms with van der Waals surface area (Å²) in [5.41, 5.74) is 3.50. The zero-order valence-corrected chi connectivity index (χ0v) is 18.0. The van der Waals surface area contributed by atoms with Crippen LogP contribution in [0, 0.1) is 5.82 Å². The van der Waals surface area contributed by atoms with Crippen LogP contribution in [-0.4, -0.2) is 23.5 Å². The maximum absolute atomic E-state index is 13.3. The van der Waals surface area contributed by atoms with E-state index in [1.807, 2.05) is 13.0 Å². The number of carbonyl (C=O) groups is 2. The van der Waals surface area contributed by atoms with E-state index in [0.29, 0.717) is 35.6 Å². The summed E-state index contributed by atoms with van der Waals surface area (Å²) < 4.78 is 18.8. The second-order valence-electron chi connectivity index (χ2n) is 7.64. The van der Waals surface area contributed by atoms with Crippen molar-refractivity contribution < 1.29 is 23.8 Å². The Labute approximate surface area is 190 Å². The molecule has 33 heavy (non-hydrogen) atoms. The standard InChI is InChI=1S/C26H23FN2O4/c1-2-11-33-24-10-3-16(12-23(24)30)14-28-15-22-21-13-18(17-4-7-19(27)8-5-17)6-9-20(21)25(31)29-26(22)32/h3-10,12-13,15,28,30H,2,11,14H2,1H3,(H,29,31,32)/b22-15-. The molecule has 0 unspecified atom stereocenters. The van der Waals surface area contributed by atoms with Crippen molar-refractivity contribution in [2.75, 3.05) is 6.61 Å². The van der Waals surface area contributed by atoms with Gasteiger partial charge in [0.2, 0.25) is 0 Å². The normalized spacial score (nSPS) is 14.1. The van der Waals surface area contributed by atoms with E-state index in [1.54, 1.807) is 48.7 Å². The van der Waals surface area contributed by atoms with Crippen LogP contribution in [0.4, 0.5) is 4.39 Å². The van der Waals surface area contributed by atoms with Gasteiger partial charge in [0.25, 0.3) is 11.8 Å². The Morgan fingerprint density at radius 1 is 0.970 bits per heavy atom. The molecule has 0 atom stereocenters. The third-order valence-corrected chi connectivity index (χ3v) is 5.24. The van der Waals surface area contributed by atoms with Crippen molar-refractivity contribution in [1.29, 1.82) is 0 Å². The Morgan fingerprint density at radius 3 is 2.45 bits per heavy atom. The molecule has 0 aromatic heterocycles. The lowest BCUT2D eigenvalue weighted by atomic mass is 9.91. The Morgan fingerprint density at radius 2 is 1.73 bits per heavy atom. The van der Waals surface area contributed by atoms with Gasteiger partial charge in [0, 0.05) is 23.9 Å². The van der Waals surface area contributed by atoms with E-state index in [-0.39, 0.29) is 11.6 Å². The van der Waals surface area contributed by atoms with Gasteiger partial charge in [-0.05, 0) is 59.5 Å². The van der Waals surface area contributed by atoms with Crippen LogP contribution >= 0.6 is 0 Å². The number of rotatable bonds is 7. The molecule has 1 heterocycles. The Kier molecular flexibility index (Phi) is 6.40. The number of fused-ring (bicyclic) bond motifs is 1. The highest BCUT2D eigenvalue weighted by molar-refractivity contribution is 6.31. The Bertz CT molecular complexity index is 1240. The predicted octanol–water partition coefficient (Wildman–Crippen LogP) is 4.39. The number of phenolic OH excluding ortho intramolecular Hbond substituents is 1. The van der Waals surface area contributed by atoms with Crippen LogP contribution in [-0.2, 0) is 11.3 Å². The van der Waals surface area contributed by atoms with Gasteiger partial charge in [-0.1, -0.05) is 31.2 Å². The quantitative estimate of drug-likeness (QED) is 0.370. The summed E-state index contributed by atoms with van der Waals surface area (Å²) in [6.45, 7) is 2.85. The van der Waals surface area contributed by atoms with E-state index in [9.17, 15) is 19.1 Å². The second kappa shape index (κ2) is 9.56. The summed E-state index contributed by atoms with van der Waals surface area (Å²) in [7, 11) is 0. The molecule has 2 amide bonds. The summed E-state index contributed by atoms with van der Waals surface area (Å²) in [5.74, 6) is -0.850. The number of ether oxygens (including phenoxy) is 1. The van der Waals surface area contributed by atoms with Crippen LogP contribution < -0.4 is 15.4 Å². The largest absolute Gasteiger partial charge is 0.504 e. The fourth-order valence-electron chi connectivity index (χ4n) is 3.57. The van der Waals surface area contributed by atoms with Gasteiger partial charge >= 0.3 is 0 Å². The van der Waals surface area contributed by atoms with E-state index < -0.39 is 11.8 Å². The molecule has 4 rings (SSSR count). The molecule has 1 aliphatic rings. The lowest BCUT2D eigenvalue weighted by Crippen LogP contribution is -2.37. The first-order valence-corrected chi connectivity index (χ1v) is 10.6. The molecule has 3 aromatic carbocycles. The van der Waals surface area contributed by atoms with Crippen molar-refractivity contribution >= 4 is 17.4 Å². The molecule has 3 N–H and O–H groups in total. The lowest BCUT2D eigenvalue weighted by molar-refractivity contribution is -0.114. The number of amides is 2. The van der Waals surface area contributed by atoms with Crippen molar-refractivity contribution in [1.82, 2.24) is 10.6 Å². The van der Waals surface area contributed by atoms with Gasteiger partial charge in [-0.3, -0.25) is 14.9 Å². The second-order valence-corrected chi connectivity index (χ2v) is 7.64.